The molecule has 11 nitrogen and oxygen atoms in total. The summed E-state index contributed by atoms with van der Waals surface area (Å²) in [6.07, 6.45) is 2.36. The Hall–Kier alpha value is -3.24. The number of carbonyl (C=O) groups is 2. The Morgan fingerprint density at radius 2 is 2.18 bits per heavy atom. The van der Waals surface area contributed by atoms with E-state index in [2.05, 4.69) is 15.5 Å². The molecular formula is C11H13N7O4. The van der Waals surface area contributed by atoms with Crippen LogP contribution in [0.4, 0.5) is 11.4 Å². The molecule has 0 unspecified atom stereocenters. The molecule has 2 aromatic rings. The second-order valence-electron chi connectivity index (χ2n) is 4.33. The number of nitro groups is 1. The number of primary amides is 1. The van der Waals surface area contributed by atoms with E-state index in [1.54, 1.807) is 6.92 Å². The van der Waals surface area contributed by atoms with Crippen molar-refractivity contribution in [3.63, 3.8) is 0 Å². The minimum atomic E-state index is -0.828. The van der Waals surface area contributed by atoms with Gasteiger partial charge in [0.1, 0.15) is 11.9 Å². The maximum Gasteiger partial charge on any atom is 0.320 e. The number of carbonyl (C=O) groups excluding carboxylic acids is 2. The number of aromatic nitrogens is 4. The van der Waals surface area contributed by atoms with Crippen LogP contribution in [0.2, 0.25) is 0 Å². The summed E-state index contributed by atoms with van der Waals surface area (Å²) in [5.74, 6) is -1.60. The highest BCUT2D eigenvalue weighted by Crippen LogP contribution is 2.20. The highest BCUT2D eigenvalue weighted by atomic mass is 16.6. The SMILES string of the molecule is CCn1ncc(NC(=O)c2nn(C)cc2[N+](=O)[O-])c1C(N)=O. The summed E-state index contributed by atoms with van der Waals surface area (Å²) in [6.45, 7) is 2.12. The predicted octanol–water partition coefficient (Wildman–Crippen LogP) is -0.104. The number of nitrogens with one attached hydrogen (secondary N) is 1. The molecule has 0 saturated carbocycles. The molecule has 22 heavy (non-hydrogen) atoms. The number of aryl methyl sites for hydroxylation is 2. The van der Waals surface area contributed by atoms with Crippen LogP contribution in [0.3, 0.4) is 0 Å². The van der Waals surface area contributed by atoms with Crippen LogP contribution in [0, 0.1) is 10.1 Å². The van der Waals surface area contributed by atoms with E-state index in [1.807, 2.05) is 0 Å². The number of rotatable bonds is 5. The molecule has 0 atom stereocenters. The van der Waals surface area contributed by atoms with Gasteiger partial charge in [-0.3, -0.25) is 29.1 Å². The van der Waals surface area contributed by atoms with E-state index >= 15 is 0 Å². The summed E-state index contributed by atoms with van der Waals surface area (Å²) in [7, 11) is 1.45. The van der Waals surface area contributed by atoms with Gasteiger partial charge in [-0.25, -0.2) is 0 Å². The molecule has 0 spiro atoms. The van der Waals surface area contributed by atoms with Gasteiger partial charge < -0.3 is 11.1 Å². The Bertz CT molecular complexity index is 761. The molecule has 2 aromatic heterocycles. The van der Waals surface area contributed by atoms with Crippen molar-refractivity contribution in [3.05, 3.63) is 33.9 Å². The van der Waals surface area contributed by atoms with Gasteiger partial charge >= 0.3 is 5.69 Å². The molecule has 0 fully saturated rings. The first-order chi connectivity index (χ1) is 10.3. The largest absolute Gasteiger partial charge is 0.364 e. The lowest BCUT2D eigenvalue weighted by Crippen LogP contribution is -2.21. The van der Waals surface area contributed by atoms with Crippen LogP contribution in [-0.4, -0.2) is 36.3 Å². The molecule has 2 rings (SSSR count). The molecule has 0 bridgehead atoms. The molecule has 0 saturated heterocycles. The van der Waals surface area contributed by atoms with Gasteiger partial charge in [0.05, 0.1) is 16.8 Å². The van der Waals surface area contributed by atoms with Crippen molar-refractivity contribution in [2.75, 3.05) is 5.32 Å². The zero-order chi connectivity index (χ0) is 16.4. The summed E-state index contributed by atoms with van der Waals surface area (Å²) >= 11 is 0. The molecule has 11 heteroatoms. The van der Waals surface area contributed by atoms with E-state index in [9.17, 15) is 19.7 Å². The number of nitrogens with zero attached hydrogens (tertiary/aromatic N) is 5. The van der Waals surface area contributed by atoms with E-state index in [1.165, 1.54) is 17.9 Å². The van der Waals surface area contributed by atoms with Gasteiger partial charge in [0, 0.05) is 13.6 Å². The van der Waals surface area contributed by atoms with Crippen LogP contribution < -0.4 is 11.1 Å². The third kappa shape index (κ3) is 2.63. The first kappa shape index (κ1) is 15.2. The van der Waals surface area contributed by atoms with Crippen molar-refractivity contribution < 1.29 is 14.5 Å². The third-order valence-electron chi connectivity index (χ3n) is 2.84. The first-order valence-electron chi connectivity index (χ1n) is 6.20. The Labute approximate surface area is 123 Å². The van der Waals surface area contributed by atoms with E-state index in [4.69, 9.17) is 5.73 Å². The third-order valence-corrected chi connectivity index (χ3v) is 2.84. The van der Waals surface area contributed by atoms with Crippen LogP contribution >= 0.6 is 0 Å². The number of hydrogen-bond donors (Lipinski definition) is 2. The lowest BCUT2D eigenvalue weighted by molar-refractivity contribution is -0.385. The lowest BCUT2D eigenvalue weighted by Gasteiger charge is -2.04. The molecule has 0 aliphatic carbocycles. The predicted molar refractivity (Wildman–Crippen MR) is 74.2 cm³/mol. The second-order valence-corrected chi connectivity index (χ2v) is 4.33. The molecule has 0 aliphatic rings. The maximum atomic E-state index is 12.1. The summed E-state index contributed by atoms with van der Waals surface area (Å²) in [4.78, 5) is 33.8. The van der Waals surface area contributed by atoms with E-state index in [-0.39, 0.29) is 17.1 Å². The normalized spacial score (nSPS) is 10.5. The van der Waals surface area contributed by atoms with Gasteiger partial charge in [-0.2, -0.15) is 10.2 Å². The molecule has 3 N–H and O–H groups in total. The zero-order valence-electron chi connectivity index (χ0n) is 11.8. The topological polar surface area (TPSA) is 151 Å². The Morgan fingerprint density at radius 3 is 2.73 bits per heavy atom. The van der Waals surface area contributed by atoms with E-state index in [0.717, 1.165) is 10.9 Å². The average Bonchev–Trinajstić information content (AvgIpc) is 3.02. The highest BCUT2D eigenvalue weighted by Gasteiger charge is 2.26. The van der Waals surface area contributed by atoms with E-state index < -0.39 is 22.4 Å². The van der Waals surface area contributed by atoms with Gasteiger partial charge in [0.15, 0.2) is 0 Å². The average molecular weight is 307 g/mol. The number of anilines is 1. The smallest absolute Gasteiger partial charge is 0.320 e. The Balaban J connectivity index is 2.36. The van der Waals surface area contributed by atoms with Gasteiger partial charge in [-0.05, 0) is 6.92 Å². The lowest BCUT2D eigenvalue weighted by atomic mass is 10.3. The number of nitrogens with two attached hydrogens (primary N) is 1. The van der Waals surface area contributed by atoms with Crippen molar-refractivity contribution in [1.29, 1.82) is 0 Å². The molecule has 0 aromatic carbocycles. The van der Waals surface area contributed by atoms with Crippen molar-refractivity contribution in [2.24, 2.45) is 12.8 Å². The first-order valence-corrected chi connectivity index (χ1v) is 6.20. The minimum absolute atomic E-state index is 0.00874. The molecule has 116 valence electrons. The van der Waals surface area contributed by atoms with Crippen LogP contribution in [-0.2, 0) is 13.6 Å². The Kier molecular flexibility index (Phi) is 3.88. The molecule has 0 radical (unpaired) electrons. The van der Waals surface area contributed by atoms with Gasteiger partial charge in [0.2, 0.25) is 5.69 Å². The Morgan fingerprint density at radius 1 is 1.50 bits per heavy atom. The number of amides is 2. The minimum Gasteiger partial charge on any atom is -0.364 e. The van der Waals surface area contributed by atoms with Crippen molar-refractivity contribution in [1.82, 2.24) is 19.6 Å². The maximum absolute atomic E-state index is 12.1. The summed E-state index contributed by atoms with van der Waals surface area (Å²) < 4.78 is 2.46. The van der Waals surface area contributed by atoms with Crippen molar-refractivity contribution in [2.45, 2.75) is 13.5 Å². The van der Waals surface area contributed by atoms with Crippen molar-refractivity contribution in [3.8, 4) is 0 Å². The summed E-state index contributed by atoms with van der Waals surface area (Å²) in [5.41, 5.74) is 4.52. The van der Waals surface area contributed by atoms with Crippen LogP contribution in [0.5, 0.6) is 0 Å². The zero-order valence-corrected chi connectivity index (χ0v) is 11.8. The fraction of sp³-hybridized carbons (Fsp3) is 0.273. The standard InChI is InChI=1S/C11H13N7O4/c1-3-17-9(10(12)19)6(4-13-17)14-11(20)8-7(18(21)22)5-16(2)15-8/h4-5H,3H2,1-2H3,(H2,12,19)(H,14,20). The van der Waals surface area contributed by atoms with E-state index in [0.29, 0.717) is 6.54 Å². The second kappa shape index (κ2) is 5.63. The quantitative estimate of drug-likeness (QED) is 0.581. The molecule has 2 amide bonds. The van der Waals surface area contributed by atoms with Gasteiger partial charge in [0.25, 0.3) is 11.8 Å². The highest BCUT2D eigenvalue weighted by molar-refractivity contribution is 6.08. The van der Waals surface area contributed by atoms with Crippen molar-refractivity contribution >= 4 is 23.2 Å². The van der Waals surface area contributed by atoms with Crippen LogP contribution in [0.25, 0.3) is 0 Å². The van der Waals surface area contributed by atoms with Gasteiger partial charge in [-0.15, -0.1) is 0 Å². The summed E-state index contributed by atoms with van der Waals surface area (Å²) in [6, 6.07) is 0. The van der Waals surface area contributed by atoms with Crippen LogP contribution in [0.1, 0.15) is 27.9 Å². The molecule has 0 aliphatic heterocycles. The van der Waals surface area contributed by atoms with Gasteiger partial charge in [-0.1, -0.05) is 0 Å². The fourth-order valence-corrected chi connectivity index (χ4v) is 1.93. The molecular weight excluding hydrogens is 294 g/mol. The monoisotopic (exact) mass is 307 g/mol. The fourth-order valence-electron chi connectivity index (χ4n) is 1.93. The molecule has 2 heterocycles. The summed E-state index contributed by atoms with van der Waals surface area (Å²) in [5, 5.41) is 20.9. The van der Waals surface area contributed by atoms with Crippen LogP contribution in [0.15, 0.2) is 12.4 Å². The number of hydrogen-bond acceptors (Lipinski definition) is 6.